The van der Waals surface area contributed by atoms with Gasteiger partial charge < -0.3 is 19.6 Å². The zero-order valence-electron chi connectivity index (χ0n) is 13.0. The molecule has 0 spiro atoms. The van der Waals surface area contributed by atoms with Crippen molar-refractivity contribution < 1.29 is 37.0 Å². The van der Waals surface area contributed by atoms with E-state index in [4.69, 9.17) is 9.52 Å². The molecule has 134 valence electrons. The van der Waals surface area contributed by atoms with Crippen molar-refractivity contribution in [3.8, 4) is 5.75 Å². The van der Waals surface area contributed by atoms with E-state index in [-0.39, 0.29) is 5.56 Å². The fourth-order valence-corrected chi connectivity index (χ4v) is 2.13. The Labute approximate surface area is 140 Å². The molecular weight excluding hydrogens is 343 g/mol. The number of aryl methyl sites for hydroxylation is 1. The fourth-order valence-electron chi connectivity index (χ4n) is 2.13. The van der Waals surface area contributed by atoms with Crippen molar-refractivity contribution in [1.82, 2.24) is 5.32 Å². The van der Waals surface area contributed by atoms with Crippen molar-refractivity contribution in [2.45, 2.75) is 25.7 Å². The summed E-state index contributed by atoms with van der Waals surface area (Å²) in [6.45, 7) is 1.64. The first-order chi connectivity index (χ1) is 11.6. The van der Waals surface area contributed by atoms with Gasteiger partial charge >= 0.3 is 12.3 Å². The molecule has 0 saturated carbocycles. The minimum absolute atomic E-state index is 0.213. The third kappa shape index (κ3) is 5.55. The maximum absolute atomic E-state index is 12.2. The highest BCUT2D eigenvalue weighted by Crippen LogP contribution is 2.25. The number of alkyl halides is 3. The Morgan fingerprint density at radius 1 is 1.28 bits per heavy atom. The molecule has 1 aromatic heterocycles. The fraction of sp³-hybridized carbons (Fsp3) is 0.250. The lowest BCUT2D eigenvalue weighted by atomic mass is 10.0. The molecule has 6 nitrogen and oxygen atoms in total. The van der Waals surface area contributed by atoms with Crippen LogP contribution in [-0.2, 0) is 4.79 Å². The average Bonchev–Trinajstić information content (AvgIpc) is 2.92. The first-order valence-corrected chi connectivity index (χ1v) is 7.07. The van der Waals surface area contributed by atoms with Gasteiger partial charge in [-0.15, -0.1) is 13.2 Å². The van der Waals surface area contributed by atoms with Gasteiger partial charge in [0.05, 0.1) is 18.0 Å². The van der Waals surface area contributed by atoms with Gasteiger partial charge in [-0.2, -0.15) is 0 Å². The Kier molecular flexibility index (Phi) is 5.35. The van der Waals surface area contributed by atoms with E-state index in [1.165, 1.54) is 24.5 Å². The number of hydrogen-bond acceptors (Lipinski definition) is 4. The highest BCUT2D eigenvalue weighted by atomic mass is 19.4. The van der Waals surface area contributed by atoms with Crippen LogP contribution in [0.1, 0.15) is 34.1 Å². The lowest BCUT2D eigenvalue weighted by Crippen LogP contribution is -2.30. The molecule has 0 radical (unpaired) electrons. The number of rotatable bonds is 6. The molecule has 2 N–H and O–H groups in total. The van der Waals surface area contributed by atoms with Crippen molar-refractivity contribution in [3.05, 3.63) is 53.5 Å². The maximum atomic E-state index is 12.2. The van der Waals surface area contributed by atoms with E-state index in [0.717, 1.165) is 12.1 Å². The molecule has 2 rings (SSSR count). The van der Waals surface area contributed by atoms with Gasteiger partial charge in [-0.05, 0) is 30.7 Å². The number of carbonyl (C=O) groups is 2. The Hall–Kier alpha value is -2.97. The summed E-state index contributed by atoms with van der Waals surface area (Å²) in [6, 6.07) is 5.16. The average molecular weight is 357 g/mol. The zero-order chi connectivity index (χ0) is 18.6. The van der Waals surface area contributed by atoms with Crippen LogP contribution in [0.4, 0.5) is 13.2 Å². The molecule has 1 unspecified atom stereocenters. The second-order valence-corrected chi connectivity index (χ2v) is 5.19. The molecule has 0 aliphatic rings. The van der Waals surface area contributed by atoms with Crippen molar-refractivity contribution in [3.63, 3.8) is 0 Å². The summed E-state index contributed by atoms with van der Waals surface area (Å²) in [4.78, 5) is 23.2. The lowest BCUT2D eigenvalue weighted by molar-refractivity contribution is -0.274. The van der Waals surface area contributed by atoms with Crippen LogP contribution < -0.4 is 10.1 Å². The van der Waals surface area contributed by atoms with Crippen LogP contribution in [0.15, 0.2) is 41.0 Å². The van der Waals surface area contributed by atoms with Crippen LogP contribution in [0.25, 0.3) is 0 Å². The van der Waals surface area contributed by atoms with Gasteiger partial charge in [0.1, 0.15) is 17.8 Å². The van der Waals surface area contributed by atoms with E-state index in [9.17, 15) is 22.8 Å². The van der Waals surface area contributed by atoms with Gasteiger partial charge in [0.2, 0.25) is 0 Å². The summed E-state index contributed by atoms with van der Waals surface area (Å²) in [5.41, 5.74) is 0.537. The van der Waals surface area contributed by atoms with Gasteiger partial charge in [-0.1, -0.05) is 12.1 Å². The number of carbonyl (C=O) groups excluding carboxylic acids is 1. The maximum Gasteiger partial charge on any atom is 0.573 e. The van der Waals surface area contributed by atoms with Gasteiger partial charge in [0, 0.05) is 0 Å². The van der Waals surface area contributed by atoms with E-state index < -0.39 is 36.5 Å². The predicted octanol–water partition coefficient (Wildman–Crippen LogP) is 3.43. The third-order valence-electron chi connectivity index (χ3n) is 3.19. The number of amides is 1. The molecule has 1 amide bonds. The summed E-state index contributed by atoms with van der Waals surface area (Å²) < 4.78 is 45.3. The normalized spacial score (nSPS) is 12.5. The quantitative estimate of drug-likeness (QED) is 0.827. The molecule has 0 bridgehead atoms. The summed E-state index contributed by atoms with van der Waals surface area (Å²) in [5, 5.41) is 11.5. The van der Waals surface area contributed by atoms with Gasteiger partial charge in [-0.25, -0.2) is 0 Å². The first-order valence-electron chi connectivity index (χ1n) is 7.07. The third-order valence-corrected chi connectivity index (χ3v) is 3.19. The molecular formula is C16H14F3NO5. The molecule has 1 atom stereocenters. The predicted molar refractivity (Wildman–Crippen MR) is 79.0 cm³/mol. The van der Waals surface area contributed by atoms with Crippen molar-refractivity contribution in [1.29, 1.82) is 0 Å². The molecule has 25 heavy (non-hydrogen) atoms. The Morgan fingerprint density at radius 2 is 1.92 bits per heavy atom. The van der Waals surface area contributed by atoms with Crippen LogP contribution in [-0.4, -0.2) is 23.3 Å². The van der Waals surface area contributed by atoms with Crippen LogP contribution in [0.3, 0.4) is 0 Å². The Bertz CT molecular complexity index is 752. The van der Waals surface area contributed by atoms with Crippen LogP contribution in [0.5, 0.6) is 5.75 Å². The number of carboxylic acids is 1. The number of nitrogens with one attached hydrogen (secondary N) is 1. The summed E-state index contributed by atoms with van der Waals surface area (Å²) in [6.07, 6.45) is -4.04. The van der Waals surface area contributed by atoms with E-state index in [2.05, 4.69) is 10.1 Å². The number of ether oxygens (including phenoxy) is 1. The molecule has 0 saturated heterocycles. The molecule has 0 fully saturated rings. The SMILES string of the molecule is Cc1cc(C(=O)NC(CC(=O)O)c2ccc(OC(F)(F)F)cc2)co1. The van der Waals surface area contributed by atoms with E-state index in [0.29, 0.717) is 11.3 Å². The van der Waals surface area contributed by atoms with Crippen molar-refractivity contribution >= 4 is 11.9 Å². The number of benzene rings is 1. The second kappa shape index (κ2) is 7.29. The Morgan fingerprint density at radius 3 is 2.40 bits per heavy atom. The first kappa shape index (κ1) is 18.4. The topological polar surface area (TPSA) is 88.8 Å². The van der Waals surface area contributed by atoms with Gasteiger partial charge in [-0.3, -0.25) is 9.59 Å². The monoisotopic (exact) mass is 357 g/mol. The molecule has 2 aromatic rings. The zero-order valence-corrected chi connectivity index (χ0v) is 13.0. The van der Waals surface area contributed by atoms with Gasteiger partial charge in [0.25, 0.3) is 5.91 Å². The highest BCUT2D eigenvalue weighted by Gasteiger charge is 2.31. The van der Waals surface area contributed by atoms with Crippen LogP contribution in [0, 0.1) is 6.92 Å². The van der Waals surface area contributed by atoms with E-state index in [1.54, 1.807) is 6.92 Å². The minimum Gasteiger partial charge on any atom is -0.481 e. The Balaban J connectivity index is 2.16. The largest absolute Gasteiger partial charge is 0.573 e. The minimum atomic E-state index is -4.82. The number of aliphatic carboxylic acids is 1. The summed E-state index contributed by atoms with van der Waals surface area (Å²) >= 11 is 0. The number of hydrogen-bond donors (Lipinski definition) is 2. The molecule has 0 aliphatic carbocycles. The van der Waals surface area contributed by atoms with E-state index in [1.807, 2.05) is 0 Å². The lowest BCUT2D eigenvalue weighted by Gasteiger charge is -2.17. The van der Waals surface area contributed by atoms with Crippen LogP contribution >= 0.6 is 0 Å². The number of furan rings is 1. The van der Waals surface area contributed by atoms with Gasteiger partial charge in [0.15, 0.2) is 0 Å². The number of carboxylic acid groups (broad SMARTS) is 1. The summed E-state index contributed by atoms with van der Waals surface area (Å²) in [5.74, 6) is -1.67. The standard InChI is InChI=1S/C16H14F3NO5/c1-9-6-11(8-24-9)15(23)20-13(7-14(21)22)10-2-4-12(5-3-10)25-16(17,18)19/h2-6,8,13H,7H2,1H3,(H,20,23)(H,21,22). The van der Waals surface area contributed by atoms with Crippen LogP contribution in [0.2, 0.25) is 0 Å². The molecule has 1 heterocycles. The summed E-state index contributed by atoms with van der Waals surface area (Å²) in [7, 11) is 0. The molecule has 1 aromatic carbocycles. The van der Waals surface area contributed by atoms with Crippen molar-refractivity contribution in [2.24, 2.45) is 0 Å². The number of halogens is 3. The van der Waals surface area contributed by atoms with E-state index >= 15 is 0 Å². The second-order valence-electron chi connectivity index (χ2n) is 5.19. The highest BCUT2D eigenvalue weighted by molar-refractivity contribution is 5.94. The molecule has 9 heteroatoms. The molecule has 0 aliphatic heterocycles. The van der Waals surface area contributed by atoms with Crippen molar-refractivity contribution in [2.75, 3.05) is 0 Å². The smallest absolute Gasteiger partial charge is 0.481 e.